The molecular weight excluding hydrogens is 773 g/mol. The van der Waals surface area contributed by atoms with Crippen molar-refractivity contribution in [3.8, 4) is 0 Å². The summed E-state index contributed by atoms with van der Waals surface area (Å²) in [5.41, 5.74) is 5.37. The summed E-state index contributed by atoms with van der Waals surface area (Å²) in [5, 5.41) is 8.29. The van der Waals surface area contributed by atoms with Crippen LogP contribution < -0.4 is 0 Å². The normalized spacial score (nSPS) is 14.5. The van der Waals surface area contributed by atoms with Crippen LogP contribution in [0.4, 0.5) is 0 Å². The third-order valence-electron chi connectivity index (χ3n) is 10.4. The summed E-state index contributed by atoms with van der Waals surface area (Å²) in [4.78, 5) is 10.1. The van der Waals surface area contributed by atoms with Crippen molar-refractivity contribution >= 4 is 27.7 Å². The van der Waals surface area contributed by atoms with Crippen LogP contribution in [0.25, 0.3) is 0 Å². The van der Waals surface area contributed by atoms with Crippen LogP contribution in [-0.4, -0.2) is 34.8 Å². The molecule has 0 heterocycles. The van der Waals surface area contributed by atoms with E-state index in [0.717, 1.165) is 31.1 Å². The number of aliphatic hydroxyl groups excluding tert-OH is 1. The van der Waals surface area contributed by atoms with Crippen molar-refractivity contribution in [2.75, 3.05) is 6.61 Å². The minimum Gasteiger partial charge on any atom is -0.396 e. The maximum atomic E-state index is 12.0. The highest BCUT2D eigenvalue weighted by molar-refractivity contribution is 7.90. The van der Waals surface area contributed by atoms with Crippen LogP contribution in [0, 0.1) is 5.92 Å². The molecule has 59 heavy (non-hydrogen) atoms. The maximum Gasteiger partial charge on any atom is 0.335 e. The van der Waals surface area contributed by atoms with Crippen LogP contribution >= 0.6 is 0 Å². The smallest absolute Gasteiger partial charge is 0.335 e. The number of sulfone groups is 1. The average Bonchev–Trinajstić information content (AvgIpc) is 3.96. The molecule has 1 fully saturated rings. The molecule has 1 N–H and O–H groups in total. The van der Waals surface area contributed by atoms with Gasteiger partial charge in [0.1, 0.15) is 6.29 Å². The zero-order chi connectivity index (χ0) is 43.0. The van der Waals surface area contributed by atoms with Gasteiger partial charge in [-0.15, -0.1) is 0 Å². The molecule has 0 spiro atoms. The highest BCUT2D eigenvalue weighted by atomic mass is 32.2. The lowest BCUT2D eigenvalue weighted by Gasteiger charge is -2.21. The van der Waals surface area contributed by atoms with E-state index in [2.05, 4.69) is 112 Å². The number of unbranched alkanes of at least 4 members (excludes halogenated alkanes) is 8. The molecule has 1 aliphatic carbocycles. The highest BCUT2D eigenvalue weighted by Crippen LogP contribution is 2.70. The van der Waals surface area contributed by atoms with Gasteiger partial charge in [-0.3, -0.25) is 0 Å². The molecule has 5 aromatic rings. The Morgan fingerprint density at radius 2 is 1.00 bits per heavy atom. The Morgan fingerprint density at radius 3 is 1.46 bits per heavy atom. The first-order chi connectivity index (χ1) is 28.8. The summed E-state index contributed by atoms with van der Waals surface area (Å²) < 4.78 is 40.6. The highest BCUT2D eigenvalue weighted by Gasteiger charge is 2.65. The Kier molecular flexibility index (Phi) is 26.2. The third kappa shape index (κ3) is 17.7. The summed E-state index contributed by atoms with van der Waals surface area (Å²) in [7, 11) is -3.21. The molecule has 1 saturated carbocycles. The van der Waals surface area contributed by atoms with Crippen LogP contribution in [0.1, 0.15) is 126 Å². The maximum absolute atomic E-state index is 12.0. The van der Waals surface area contributed by atoms with Crippen molar-refractivity contribution in [1.29, 1.82) is 0 Å². The zero-order valence-corrected chi connectivity index (χ0v) is 37.0. The summed E-state index contributed by atoms with van der Waals surface area (Å²) in [6, 6.07) is 51.3. The van der Waals surface area contributed by atoms with Crippen molar-refractivity contribution in [2.24, 2.45) is 5.92 Å². The van der Waals surface area contributed by atoms with E-state index in [4.69, 9.17) is 13.5 Å². The van der Waals surface area contributed by atoms with Crippen LogP contribution in [-0.2, 0) is 37.4 Å². The van der Waals surface area contributed by atoms with E-state index < -0.39 is 21.4 Å². The lowest BCUT2D eigenvalue weighted by Crippen LogP contribution is -2.14. The van der Waals surface area contributed by atoms with Crippen LogP contribution in [0.15, 0.2) is 157 Å². The molecule has 6 nitrogen and oxygen atoms in total. The summed E-state index contributed by atoms with van der Waals surface area (Å²) in [6.07, 6.45) is 15.1. The van der Waals surface area contributed by atoms with Gasteiger partial charge < -0.3 is 9.90 Å². The van der Waals surface area contributed by atoms with Gasteiger partial charge in [0.15, 0.2) is 9.84 Å². The van der Waals surface area contributed by atoms with Gasteiger partial charge >= 0.3 is 11.6 Å². The second-order valence-electron chi connectivity index (χ2n) is 14.7. The monoisotopic (exact) mass is 838 g/mol. The number of hydrogen-bond acceptors (Lipinski definition) is 6. The fourth-order valence-electron chi connectivity index (χ4n) is 7.53. The largest absolute Gasteiger partial charge is 0.396 e. The number of aldehydes is 1. The number of benzene rings is 5. The molecule has 0 radical (unpaired) electrons. The van der Waals surface area contributed by atoms with Crippen molar-refractivity contribution in [2.45, 2.75) is 120 Å². The lowest BCUT2D eigenvalue weighted by atomic mass is 9.82. The molecule has 0 amide bonds. The molecule has 0 aliphatic heterocycles. The van der Waals surface area contributed by atoms with E-state index in [-0.39, 0.29) is 11.2 Å². The van der Waals surface area contributed by atoms with Gasteiger partial charge in [-0.05, 0) is 59.6 Å². The van der Waals surface area contributed by atoms with Gasteiger partial charge in [0.05, 0.1) is 10.6 Å². The van der Waals surface area contributed by atoms with Crippen LogP contribution in [0.2, 0.25) is 0 Å². The molecule has 8 heteroatoms. The van der Waals surface area contributed by atoms with Gasteiger partial charge in [0.25, 0.3) is 0 Å². The van der Waals surface area contributed by atoms with E-state index in [0.29, 0.717) is 23.3 Å². The number of carbonyl (C=O) groups excluding carboxylic acids is 1. The van der Waals surface area contributed by atoms with E-state index >= 15 is 0 Å². The van der Waals surface area contributed by atoms with E-state index in [9.17, 15) is 13.2 Å². The molecule has 0 aromatic heterocycles. The van der Waals surface area contributed by atoms with Crippen LogP contribution in [0.3, 0.4) is 0 Å². The topological polar surface area (TPSA) is 106 Å². The predicted molar refractivity (Wildman–Crippen MR) is 245 cm³/mol. The Bertz CT molecular complexity index is 1870. The summed E-state index contributed by atoms with van der Waals surface area (Å²) in [5.74, 6) is 1.31. The quantitative estimate of drug-likeness (QED) is 0.0696. The predicted octanol–water partition coefficient (Wildman–Crippen LogP) is 12.3. The molecule has 2 atom stereocenters. The first-order valence-corrected chi connectivity index (χ1v) is 23.6. The molecular formula is C51H66O6S2. The Hall–Kier alpha value is -4.50. The third-order valence-corrected chi connectivity index (χ3v) is 12.1. The first-order valence-electron chi connectivity index (χ1n) is 21.3. The number of carbonyl (C=O) groups is 1. The minimum atomic E-state index is -3.21. The molecule has 1 unspecified atom stereocenters. The van der Waals surface area contributed by atoms with E-state index in [1.54, 1.807) is 24.3 Å². The first kappa shape index (κ1) is 50.6. The molecule has 318 valence electrons. The van der Waals surface area contributed by atoms with Crippen LogP contribution in [0.5, 0.6) is 0 Å². The SMILES string of the molecule is CCCCCC1[C@H](c2ccccc2)C1(c1ccccc1)c1ccccc1.CCCCCC=O.CCCCCCO.O=S(=O)(Cc1ccccc1)c1ccccc1.O=S=O. The Balaban J connectivity index is 0.000000308. The van der Waals surface area contributed by atoms with Crippen molar-refractivity contribution in [3.05, 3.63) is 174 Å². The van der Waals surface area contributed by atoms with Crippen molar-refractivity contribution in [3.63, 3.8) is 0 Å². The molecule has 6 rings (SSSR count). The number of aliphatic hydroxyl groups is 1. The van der Waals surface area contributed by atoms with Gasteiger partial charge in [-0.1, -0.05) is 212 Å². The molecule has 1 aliphatic rings. The van der Waals surface area contributed by atoms with Gasteiger partial charge in [0, 0.05) is 24.4 Å². The van der Waals surface area contributed by atoms with Gasteiger partial charge in [-0.2, -0.15) is 8.42 Å². The van der Waals surface area contributed by atoms with E-state index in [1.807, 2.05) is 36.4 Å². The van der Waals surface area contributed by atoms with Gasteiger partial charge in [0.2, 0.25) is 0 Å². The van der Waals surface area contributed by atoms with E-state index in [1.165, 1.54) is 74.5 Å². The minimum absolute atomic E-state index is 0.0534. The van der Waals surface area contributed by atoms with Crippen molar-refractivity contribution in [1.82, 2.24) is 0 Å². The van der Waals surface area contributed by atoms with Gasteiger partial charge in [-0.25, -0.2) is 8.42 Å². The Labute approximate surface area is 359 Å². The van der Waals surface area contributed by atoms with Crippen molar-refractivity contribution < 1.29 is 26.7 Å². The summed E-state index contributed by atoms with van der Waals surface area (Å²) >= 11 is -0.750. The fraction of sp³-hybridized carbons (Fsp3) is 0.392. The molecule has 0 saturated heterocycles. The zero-order valence-electron chi connectivity index (χ0n) is 35.4. The fourth-order valence-corrected chi connectivity index (χ4v) is 8.90. The Morgan fingerprint density at radius 1 is 0.576 bits per heavy atom. The number of rotatable bonds is 18. The molecule has 5 aromatic carbocycles. The lowest BCUT2D eigenvalue weighted by molar-refractivity contribution is -0.107. The molecule has 0 bridgehead atoms. The standard InChI is InChI=1S/C26H28.C13H12O2S.C6H14O.C6H12O.O2S/c1-2-3-7-20-24-25(21-14-8-4-9-15-21)26(24,22-16-10-5-11-17-22)23-18-12-6-13-19-23;14-16(15,13-9-5-2-6-10-13)11-12-7-3-1-4-8-12;2*1-2-3-4-5-6-7;1-3-2/h4-6,8-19,24-25H,2-3,7,20H2,1H3;1-10H,11H2;7H,2-6H2,1H3;6H,2-5H2,1H3;/t24?,25-;;;;/m0..../s1. The number of hydrogen-bond donors (Lipinski definition) is 1. The average molecular weight is 839 g/mol. The second-order valence-corrected chi connectivity index (χ2v) is 16.8. The summed E-state index contributed by atoms with van der Waals surface area (Å²) in [6.45, 7) is 6.95. The second kappa shape index (κ2) is 30.5.